The molecule has 3 nitrogen and oxygen atoms in total. The maximum Gasteiger partial charge on any atom is 0.0978 e. The predicted molar refractivity (Wildman–Crippen MR) is 63.4 cm³/mol. The molecule has 2 aromatic rings. The molecule has 0 saturated heterocycles. The van der Waals surface area contributed by atoms with Crippen LogP contribution < -0.4 is 0 Å². The molecular weight excluding hydrogens is 200 g/mol. The van der Waals surface area contributed by atoms with Crippen molar-refractivity contribution in [3.8, 4) is 5.69 Å². The summed E-state index contributed by atoms with van der Waals surface area (Å²) in [5.41, 5.74) is 1.75. The zero-order valence-electron chi connectivity index (χ0n) is 9.37. The second-order valence-corrected chi connectivity index (χ2v) is 3.83. The summed E-state index contributed by atoms with van der Waals surface area (Å²) in [4.78, 5) is 0. The second kappa shape index (κ2) is 4.94. The number of rotatable bonds is 4. The second-order valence-electron chi connectivity index (χ2n) is 3.83. The monoisotopic (exact) mass is 216 g/mol. The van der Waals surface area contributed by atoms with Crippen molar-refractivity contribution >= 4 is 0 Å². The number of aliphatic hydroxyl groups excluding tert-OH is 1. The minimum absolute atomic E-state index is 0.449. The van der Waals surface area contributed by atoms with Crippen LogP contribution >= 0.6 is 0 Å². The molecule has 0 aliphatic rings. The van der Waals surface area contributed by atoms with Gasteiger partial charge >= 0.3 is 0 Å². The summed E-state index contributed by atoms with van der Waals surface area (Å²) < 4.78 is 1.79. The van der Waals surface area contributed by atoms with Gasteiger partial charge in [-0.15, -0.1) is 0 Å². The lowest BCUT2D eigenvalue weighted by Crippen LogP contribution is -2.00. The summed E-state index contributed by atoms with van der Waals surface area (Å²) in [7, 11) is 0. The van der Waals surface area contributed by atoms with Gasteiger partial charge in [-0.3, -0.25) is 0 Å². The van der Waals surface area contributed by atoms with Crippen molar-refractivity contribution in [2.75, 3.05) is 0 Å². The Bertz CT molecular complexity index is 436. The molecule has 1 atom stereocenters. The highest BCUT2D eigenvalue weighted by atomic mass is 16.3. The molecule has 2 rings (SSSR count). The molecule has 0 spiro atoms. The lowest BCUT2D eigenvalue weighted by Gasteiger charge is -2.05. The van der Waals surface area contributed by atoms with Crippen molar-refractivity contribution in [2.24, 2.45) is 0 Å². The largest absolute Gasteiger partial charge is 0.387 e. The van der Waals surface area contributed by atoms with Crippen molar-refractivity contribution in [3.63, 3.8) is 0 Å². The molecule has 0 fully saturated rings. The molecule has 1 heterocycles. The predicted octanol–water partition coefficient (Wildman–Crippen LogP) is 2.71. The zero-order valence-corrected chi connectivity index (χ0v) is 9.37. The van der Waals surface area contributed by atoms with Crippen LogP contribution in [0.25, 0.3) is 5.69 Å². The zero-order chi connectivity index (χ0) is 11.4. The van der Waals surface area contributed by atoms with Crippen LogP contribution in [0, 0.1) is 0 Å². The van der Waals surface area contributed by atoms with Gasteiger partial charge in [-0.1, -0.05) is 31.5 Å². The molecule has 0 bridgehead atoms. The van der Waals surface area contributed by atoms with Gasteiger partial charge < -0.3 is 5.11 Å². The summed E-state index contributed by atoms with van der Waals surface area (Å²) in [6.07, 6.45) is 3.14. The van der Waals surface area contributed by atoms with Gasteiger partial charge in [-0.2, -0.15) is 5.10 Å². The number of hydrogen-bond donors (Lipinski definition) is 1. The van der Waals surface area contributed by atoms with E-state index in [1.165, 1.54) is 0 Å². The van der Waals surface area contributed by atoms with Crippen LogP contribution in [0.15, 0.2) is 42.6 Å². The van der Waals surface area contributed by atoms with Crippen LogP contribution in [0.2, 0.25) is 0 Å². The standard InChI is InChI=1S/C13H16N2O/c1-2-6-13(16)12-9-10-15(14-12)11-7-4-3-5-8-11/h3-5,7-10,13,16H,2,6H2,1H3. The summed E-state index contributed by atoms with van der Waals surface area (Å²) in [6.45, 7) is 2.05. The molecule has 84 valence electrons. The number of nitrogens with zero attached hydrogens (tertiary/aromatic N) is 2. The van der Waals surface area contributed by atoms with E-state index in [1.54, 1.807) is 4.68 Å². The van der Waals surface area contributed by atoms with Crippen LogP contribution in [0.4, 0.5) is 0 Å². The summed E-state index contributed by atoms with van der Waals surface area (Å²) >= 11 is 0. The first-order chi connectivity index (χ1) is 7.81. The molecular formula is C13H16N2O. The molecule has 0 aliphatic heterocycles. The van der Waals surface area contributed by atoms with Crippen LogP contribution in [-0.4, -0.2) is 14.9 Å². The van der Waals surface area contributed by atoms with E-state index in [1.807, 2.05) is 42.6 Å². The van der Waals surface area contributed by atoms with E-state index in [4.69, 9.17) is 0 Å². The van der Waals surface area contributed by atoms with E-state index in [0.717, 1.165) is 24.2 Å². The molecule has 0 aliphatic carbocycles. The Morgan fingerprint density at radius 3 is 2.69 bits per heavy atom. The van der Waals surface area contributed by atoms with Crippen LogP contribution in [0.5, 0.6) is 0 Å². The van der Waals surface area contributed by atoms with E-state index < -0.39 is 6.10 Å². The fourth-order valence-electron chi connectivity index (χ4n) is 1.66. The van der Waals surface area contributed by atoms with E-state index in [-0.39, 0.29) is 0 Å². The summed E-state index contributed by atoms with van der Waals surface area (Å²) in [5, 5.41) is 14.2. The third kappa shape index (κ3) is 2.31. The summed E-state index contributed by atoms with van der Waals surface area (Å²) in [6, 6.07) is 11.8. The first-order valence-corrected chi connectivity index (χ1v) is 5.60. The van der Waals surface area contributed by atoms with E-state index in [9.17, 15) is 5.11 Å². The van der Waals surface area contributed by atoms with Crippen LogP contribution in [0.1, 0.15) is 31.6 Å². The fraction of sp³-hybridized carbons (Fsp3) is 0.308. The molecule has 1 unspecified atom stereocenters. The Labute approximate surface area is 95.3 Å². The van der Waals surface area contributed by atoms with Gasteiger partial charge in [-0.05, 0) is 24.6 Å². The minimum Gasteiger partial charge on any atom is -0.387 e. The third-order valence-corrected chi connectivity index (χ3v) is 2.53. The topological polar surface area (TPSA) is 38.0 Å². The molecule has 0 amide bonds. The average Bonchev–Trinajstić information content (AvgIpc) is 2.80. The maximum absolute atomic E-state index is 9.80. The first kappa shape index (κ1) is 10.9. The van der Waals surface area contributed by atoms with Gasteiger partial charge in [0.25, 0.3) is 0 Å². The number of benzene rings is 1. The Kier molecular flexibility index (Phi) is 3.37. The quantitative estimate of drug-likeness (QED) is 0.853. The Balaban J connectivity index is 2.20. The molecule has 1 N–H and O–H groups in total. The Morgan fingerprint density at radius 2 is 2.00 bits per heavy atom. The number of para-hydroxylation sites is 1. The number of aliphatic hydroxyl groups is 1. The lowest BCUT2D eigenvalue weighted by molar-refractivity contribution is 0.161. The SMILES string of the molecule is CCCC(O)c1ccn(-c2ccccc2)n1. The molecule has 16 heavy (non-hydrogen) atoms. The van der Waals surface area contributed by atoms with Crippen molar-refractivity contribution in [2.45, 2.75) is 25.9 Å². The van der Waals surface area contributed by atoms with E-state index in [2.05, 4.69) is 12.0 Å². The van der Waals surface area contributed by atoms with Gasteiger partial charge in [0, 0.05) is 6.20 Å². The highest BCUT2D eigenvalue weighted by molar-refractivity contribution is 5.30. The number of hydrogen-bond acceptors (Lipinski definition) is 2. The lowest BCUT2D eigenvalue weighted by atomic mass is 10.1. The summed E-state index contributed by atoms with van der Waals surface area (Å²) in [5.74, 6) is 0. The van der Waals surface area contributed by atoms with Crippen LogP contribution in [0.3, 0.4) is 0 Å². The van der Waals surface area contributed by atoms with E-state index >= 15 is 0 Å². The highest BCUT2D eigenvalue weighted by Crippen LogP contribution is 2.17. The van der Waals surface area contributed by atoms with Crippen molar-refractivity contribution in [1.29, 1.82) is 0 Å². The van der Waals surface area contributed by atoms with Gasteiger partial charge in [-0.25, -0.2) is 4.68 Å². The van der Waals surface area contributed by atoms with Gasteiger partial charge in [0.1, 0.15) is 0 Å². The van der Waals surface area contributed by atoms with Gasteiger partial charge in [0.2, 0.25) is 0 Å². The van der Waals surface area contributed by atoms with Gasteiger partial charge in [0.15, 0.2) is 0 Å². The molecule has 0 saturated carbocycles. The average molecular weight is 216 g/mol. The maximum atomic E-state index is 9.80. The van der Waals surface area contributed by atoms with Crippen molar-refractivity contribution in [1.82, 2.24) is 9.78 Å². The fourth-order valence-corrected chi connectivity index (χ4v) is 1.66. The van der Waals surface area contributed by atoms with Gasteiger partial charge in [0.05, 0.1) is 17.5 Å². The minimum atomic E-state index is -0.449. The van der Waals surface area contributed by atoms with Crippen LogP contribution in [-0.2, 0) is 0 Å². The third-order valence-electron chi connectivity index (χ3n) is 2.53. The van der Waals surface area contributed by atoms with Crippen molar-refractivity contribution in [3.05, 3.63) is 48.3 Å². The van der Waals surface area contributed by atoms with E-state index in [0.29, 0.717) is 0 Å². The molecule has 1 aromatic heterocycles. The Hall–Kier alpha value is -1.61. The number of aromatic nitrogens is 2. The smallest absolute Gasteiger partial charge is 0.0978 e. The molecule has 1 aromatic carbocycles. The molecule has 3 heteroatoms. The Morgan fingerprint density at radius 1 is 1.25 bits per heavy atom. The van der Waals surface area contributed by atoms with Crippen molar-refractivity contribution < 1.29 is 5.11 Å². The molecule has 0 radical (unpaired) electrons. The highest BCUT2D eigenvalue weighted by Gasteiger charge is 2.09. The normalized spacial score (nSPS) is 12.6. The first-order valence-electron chi connectivity index (χ1n) is 5.60.